The summed E-state index contributed by atoms with van der Waals surface area (Å²) < 4.78 is 10.3. The number of amides is 2. The molecule has 0 unspecified atom stereocenters. The second-order valence-corrected chi connectivity index (χ2v) is 5.68. The van der Waals surface area contributed by atoms with Crippen molar-refractivity contribution in [1.82, 2.24) is 10.2 Å². The standard InChI is InChI=1S/C18H20N2O4/c1-23-14-8-6-13(7-9-14)18(22)20-10-2-5-16(20)17(21)19-12-15-4-3-11-24-15/h3-4,6-9,11,16H,2,5,10,12H2,1H3,(H,19,21)/t16-/m0/s1. The summed E-state index contributed by atoms with van der Waals surface area (Å²) in [6, 6.07) is 10.1. The van der Waals surface area contributed by atoms with Gasteiger partial charge in [0.15, 0.2) is 0 Å². The summed E-state index contributed by atoms with van der Waals surface area (Å²) in [6.45, 7) is 0.913. The van der Waals surface area contributed by atoms with Crippen molar-refractivity contribution in [2.75, 3.05) is 13.7 Å². The van der Waals surface area contributed by atoms with E-state index >= 15 is 0 Å². The number of nitrogens with zero attached hydrogens (tertiary/aromatic N) is 1. The molecule has 0 radical (unpaired) electrons. The number of carbonyl (C=O) groups excluding carboxylic acids is 2. The summed E-state index contributed by atoms with van der Waals surface area (Å²) in [5, 5.41) is 2.83. The van der Waals surface area contributed by atoms with Crippen LogP contribution in [0.5, 0.6) is 5.75 Å². The summed E-state index contributed by atoms with van der Waals surface area (Å²) in [4.78, 5) is 26.7. The summed E-state index contributed by atoms with van der Waals surface area (Å²) in [6.07, 6.45) is 3.06. The van der Waals surface area contributed by atoms with Crippen LogP contribution in [0.25, 0.3) is 0 Å². The van der Waals surface area contributed by atoms with Crippen LogP contribution >= 0.6 is 0 Å². The molecule has 1 atom stereocenters. The number of ether oxygens (including phenoxy) is 1. The predicted molar refractivity (Wildman–Crippen MR) is 87.6 cm³/mol. The first-order valence-electron chi connectivity index (χ1n) is 7.94. The summed E-state index contributed by atoms with van der Waals surface area (Å²) in [7, 11) is 1.58. The van der Waals surface area contributed by atoms with Gasteiger partial charge in [0, 0.05) is 12.1 Å². The Morgan fingerprint density at radius 3 is 2.75 bits per heavy atom. The molecule has 0 saturated carbocycles. The van der Waals surface area contributed by atoms with Crippen LogP contribution in [0.15, 0.2) is 47.1 Å². The summed E-state index contributed by atoms with van der Waals surface area (Å²) >= 11 is 0. The third-order valence-electron chi connectivity index (χ3n) is 4.17. The Bertz CT molecular complexity index is 694. The van der Waals surface area contributed by atoms with Gasteiger partial charge < -0.3 is 19.4 Å². The topological polar surface area (TPSA) is 71.8 Å². The molecular weight excluding hydrogens is 308 g/mol. The van der Waals surface area contributed by atoms with Crippen LogP contribution < -0.4 is 10.1 Å². The van der Waals surface area contributed by atoms with Crippen molar-refractivity contribution in [3.63, 3.8) is 0 Å². The van der Waals surface area contributed by atoms with Crippen molar-refractivity contribution in [3.8, 4) is 5.75 Å². The van der Waals surface area contributed by atoms with E-state index in [-0.39, 0.29) is 11.8 Å². The molecule has 2 aromatic rings. The Balaban J connectivity index is 1.65. The maximum absolute atomic E-state index is 12.7. The number of likely N-dealkylation sites (tertiary alicyclic amines) is 1. The molecule has 1 aromatic carbocycles. The quantitative estimate of drug-likeness (QED) is 0.913. The van der Waals surface area contributed by atoms with Crippen LogP contribution in [0.4, 0.5) is 0 Å². The molecule has 0 spiro atoms. The van der Waals surface area contributed by atoms with Gasteiger partial charge in [0.05, 0.1) is 19.9 Å². The van der Waals surface area contributed by atoms with Gasteiger partial charge in [-0.3, -0.25) is 9.59 Å². The van der Waals surface area contributed by atoms with E-state index in [2.05, 4.69) is 5.32 Å². The van der Waals surface area contributed by atoms with E-state index < -0.39 is 6.04 Å². The second kappa shape index (κ2) is 7.21. The SMILES string of the molecule is COc1ccc(C(=O)N2CCC[C@H]2C(=O)NCc2ccco2)cc1. The monoisotopic (exact) mass is 328 g/mol. The molecular formula is C18H20N2O4. The number of benzene rings is 1. The van der Waals surface area contributed by atoms with Crippen molar-refractivity contribution < 1.29 is 18.7 Å². The van der Waals surface area contributed by atoms with Crippen LogP contribution in [-0.2, 0) is 11.3 Å². The molecule has 0 bridgehead atoms. The van der Waals surface area contributed by atoms with E-state index in [4.69, 9.17) is 9.15 Å². The van der Waals surface area contributed by atoms with E-state index in [9.17, 15) is 9.59 Å². The van der Waals surface area contributed by atoms with Gasteiger partial charge in [0.2, 0.25) is 5.91 Å². The second-order valence-electron chi connectivity index (χ2n) is 5.68. The van der Waals surface area contributed by atoms with Crippen LogP contribution in [0.3, 0.4) is 0 Å². The first kappa shape index (κ1) is 16.1. The molecule has 3 rings (SSSR count). The number of carbonyl (C=O) groups is 2. The molecule has 1 N–H and O–H groups in total. The lowest BCUT2D eigenvalue weighted by Crippen LogP contribution is -2.45. The van der Waals surface area contributed by atoms with E-state index in [1.54, 1.807) is 54.7 Å². The Hall–Kier alpha value is -2.76. The van der Waals surface area contributed by atoms with Gasteiger partial charge in [-0.2, -0.15) is 0 Å². The average molecular weight is 328 g/mol. The third kappa shape index (κ3) is 3.42. The molecule has 1 aliphatic rings. The first-order chi connectivity index (χ1) is 11.7. The van der Waals surface area contributed by atoms with Crippen LogP contribution in [0, 0.1) is 0 Å². The van der Waals surface area contributed by atoms with Gasteiger partial charge in [-0.05, 0) is 49.2 Å². The van der Waals surface area contributed by atoms with Gasteiger partial charge >= 0.3 is 0 Å². The van der Waals surface area contributed by atoms with Crippen molar-refractivity contribution in [2.24, 2.45) is 0 Å². The average Bonchev–Trinajstić information content (AvgIpc) is 3.30. The molecule has 126 valence electrons. The molecule has 2 heterocycles. The molecule has 1 fully saturated rings. The number of rotatable bonds is 5. The fourth-order valence-electron chi connectivity index (χ4n) is 2.89. The van der Waals surface area contributed by atoms with E-state index in [1.807, 2.05) is 0 Å². The lowest BCUT2D eigenvalue weighted by Gasteiger charge is -2.24. The minimum absolute atomic E-state index is 0.131. The number of furan rings is 1. The minimum atomic E-state index is -0.436. The molecule has 0 aliphatic carbocycles. The predicted octanol–water partition coefficient (Wildman–Crippen LogP) is 2.21. The van der Waals surface area contributed by atoms with Crippen molar-refractivity contribution >= 4 is 11.8 Å². The summed E-state index contributed by atoms with van der Waals surface area (Å²) in [5.41, 5.74) is 0.557. The van der Waals surface area contributed by atoms with Gasteiger partial charge in [-0.25, -0.2) is 0 Å². The highest BCUT2D eigenvalue weighted by molar-refractivity contribution is 5.98. The van der Waals surface area contributed by atoms with Gasteiger partial charge in [0.1, 0.15) is 17.6 Å². The third-order valence-corrected chi connectivity index (χ3v) is 4.17. The first-order valence-corrected chi connectivity index (χ1v) is 7.94. The van der Waals surface area contributed by atoms with Crippen molar-refractivity contribution in [1.29, 1.82) is 0 Å². The van der Waals surface area contributed by atoms with Crippen molar-refractivity contribution in [2.45, 2.75) is 25.4 Å². The molecule has 6 nitrogen and oxygen atoms in total. The molecule has 1 aromatic heterocycles. The highest BCUT2D eigenvalue weighted by atomic mass is 16.5. The van der Waals surface area contributed by atoms with Crippen LogP contribution in [0.1, 0.15) is 29.0 Å². The van der Waals surface area contributed by atoms with E-state index in [0.29, 0.717) is 36.6 Å². The fourth-order valence-corrected chi connectivity index (χ4v) is 2.89. The molecule has 1 aliphatic heterocycles. The van der Waals surface area contributed by atoms with Gasteiger partial charge in [-0.1, -0.05) is 0 Å². The lowest BCUT2D eigenvalue weighted by molar-refractivity contribution is -0.125. The highest BCUT2D eigenvalue weighted by Gasteiger charge is 2.34. The Morgan fingerprint density at radius 2 is 2.08 bits per heavy atom. The summed E-state index contributed by atoms with van der Waals surface area (Å²) in [5.74, 6) is 1.11. The molecule has 1 saturated heterocycles. The number of hydrogen-bond donors (Lipinski definition) is 1. The zero-order valence-corrected chi connectivity index (χ0v) is 13.5. The maximum Gasteiger partial charge on any atom is 0.254 e. The van der Waals surface area contributed by atoms with Crippen LogP contribution in [0.2, 0.25) is 0 Å². The zero-order valence-electron chi connectivity index (χ0n) is 13.5. The lowest BCUT2D eigenvalue weighted by atomic mass is 10.1. The van der Waals surface area contributed by atoms with Crippen molar-refractivity contribution in [3.05, 3.63) is 54.0 Å². The number of hydrogen-bond acceptors (Lipinski definition) is 4. The van der Waals surface area contributed by atoms with Gasteiger partial charge in [-0.15, -0.1) is 0 Å². The Kier molecular flexibility index (Phi) is 4.84. The van der Waals surface area contributed by atoms with Gasteiger partial charge in [0.25, 0.3) is 5.91 Å². The zero-order chi connectivity index (χ0) is 16.9. The normalized spacial score (nSPS) is 16.9. The number of methoxy groups -OCH3 is 1. The molecule has 6 heteroatoms. The number of nitrogens with one attached hydrogen (secondary N) is 1. The fraction of sp³-hybridized carbons (Fsp3) is 0.333. The minimum Gasteiger partial charge on any atom is -0.497 e. The smallest absolute Gasteiger partial charge is 0.254 e. The van der Waals surface area contributed by atoms with Crippen LogP contribution in [-0.4, -0.2) is 36.4 Å². The largest absolute Gasteiger partial charge is 0.497 e. The highest BCUT2D eigenvalue weighted by Crippen LogP contribution is 2.21. The Morgan fingerprint density at radius 1 is 1.29 bits per heavy atom. The molecule has 24 heavy (non-hydrogen) atoms. The van der Waals surface area contributed by atoms with E-state index in [1.165, 1.54) is 0 Å². The maximum atomic E-state index is 12.7. The van der Waals surface area contributed by atoms with E-state index in [0.717, 1.165) is 6.42 Å². The molecule has 2 amide bonds. The Labute approximate surface area is 140 Å².